The van der Waals surface area contributed by atoms with Crippen LogP contribution in [0.5, 0.6) is 0 Å². The van der Waals surface area contributed by atoms with E-state index in [2.05, 4.69) is 10.1 Å². The number of aromatic nitrogens is 3. The van der Waals surface area contributed by atoms with Crippen LogP contribution in [0.2, 0.25) is 5.02 Å². The van der Waals surface area contributed by atoms with Crippen molar-refractivity contribution in [2.75, 3.05) is 0 Å². The van der Waals surface area contributed by atoms with Gasteiger partial charge in [-0.25, -0.2) is 14.6 Å². The van der Waals surface area contributed by atoms with Gasteiger partial charge in [0.1, 0.15) is 5.82 Å². The van der Waals surface area contributed by atoms with Crippen molar-refractivity contribution in [2.24, 2.45) is 0 Å². The second-order valence-electron chi connectivity index (χ2n) is 3.34. The first-order valence-electron chi connectivity index (χ1n) is 4.50. The van der Waals surface area contributed by atoms with Gasteiger partial charge in [0.25, 0.3) is 0 Å². The monoisotopic (exact) mass is 223 g/mol. The Kier molecular flexibility index (Phi) is 2.36. The zero-order valence-corrected chi connectivity index (χ0v) is 9.17. The number of nitrogens with zero attached hydrogens (tertiary/aromatic N) is 2. The summed E-state index contributed by atoms with van der Waals surface area (Å²) in [5, 5.41) is 3.27. The highest BCUT2D eigenvalue weighted by molar-refractivity contribution is 6.31. The number of benzene rings is 1. The van der Waals surface area contributed by atoms with Crippen molar-refractivity contribution in [2.45, 2.75) is 13.8 Å². The second-order valence-corrected chi connectivity index (χ2v) is 3.75. The van der Waals surface area contributed by atoms with Gasteiger partial charge in [-0.2, -0.15) is 4.98 Å². The van der Waals surface area contributed by atoms with E-state index in [-0.39, 0.29) is 5.69 Å². The molecule has 2 rings (SSSR count). The number of hydrogen-bond acceptors (Lipinski definition) is 2. The van der Waals surface area contributed by atoms with Crippen LogP contribution in [0.1, 0.15) is 11.4 Å². The Morgan fingerprint density at radius 2 is 2.13 bits per heavy atom. The second kappa shape index (κ2) is 3.55. The van der Waals surface area contributed by atoms with Crippen molar-refractivity contribution in [3.05, 3.63) is 45.1 Å². The summed E-state index contributed by atoms with van der Waals surface area (Å²) in [6.07, 6.45) is 0. The van der Waals surface area contributed by atoms with E-state index < -0.39 is 0 Å². The van der Waals surface area contributed by atoms with Gasteiger partial charge in [-0.3, -0.25) is 0 Å². The highest BCUT2D eigenvalue weighted by atomic mass is 35.5. The largest absolute Gasteiger partial charge is 0.361 e. The van der Waals surface area contributed by atoms with Gasteiger partial charge in [0, 0.05) is 5.02 Å². The Balaban J connectivity index is 2.59. The summed E-state index contributed by atoms with van der Waals surface area (Å²) in [4.78, 5) is 14.8. The third kappa shape index (κ3) is 1.80. The molecule has 1 aromatic carbocycles. The molecule has 0 saturated carbocycles. The Morgan fingerprint density at radius 3 is 2.67 bits per heavy atom. The number of aryl methyl sites for hydroxylation is 2. The minimum absolute atomic E-state index is 0.357. The lowest BCUT2D eigenvalue weighted by Gasteiger charge is -2.05. The minimum atomic E-state index is -0.357. The fourth-order valence-corrected chi connectivity index (χ4v) is 1.55. The van der Waals surface area contributed by atoms with Gasteiger partial charge in [0.15, 0.2) is 0 Å². The van der Waals surface area contributed by atoms with Crippen molar-refractivity contribution in [3.63, 3.8) is 0 Å². The van der Waals surface area contributed by atoms with E-state index in [9.17, 15) is 4.79 Å². The highest BCUT2D eigenvalue weighted by Crippen LogP contribution is 2.18. The zero-order chi connectivity index (χ0) is 11.0. The van der Waals surface area contributed by atoms with Crippen LogP contribution in [0.25, 0.3) is 5.69 Å². The molecule has 0 bridgehead atoms. The summed E-state index contributed by atoms with van der Waals surface area (Å²) in [5.74, 6) is 0.611. The molecule has 4 nitrogen and oxygen atoms in total. The van der Waals surface area contributed by atoms with Gasteiger partial charge in [-0.15, -0.1) is 0 Å². The van der Waals surface area contributed by atoms with Crippen LogP contribution >= 0.6 is 11.6 Å². The molecule has 1 N–H and O–H groups in total. The molecule has 78 valence electrons. The van der Waals surface area contributed by atoms with Gasteiger partial charge < -0.3 is 0 Å². The van der Waals surface area contributed by atoms with Crippen LogP contribution in [0.3, 0.4) is 0 Å². The van der Waals surface area contributed by atoms with E-state index in [0.29, 0.717) is 10.8 Å². The fraction of sp³-hybridized carbons (Fsp3) is 0.200. The topological polar surface area (TPSA) is 50.7 Å². The first kappa shape index (κ1) is 9.98. The molecule has 0 amide bonds. The molecule has 0 unspecified atom stereocenters. The van der Waals surface area contributed by atoms with Gasteiger partial charge in [-0.05, 0) is 31.5 Å². The number of nitrogens with one attached hydrogen (secondary N) is 1. The van der Waals surface area contributed by atoms with E-state index in [1.807, 2.05) is 19.1 Å². The molecule has 1 heterocycles. The van der Waals surface area contributed by atoms with Gasteiger partial charge in [0.2, 0.25) is 0 Å². The third-order valence-electron chi connectivity index (χ3n) is 2.21. The highest BCUT2D eigenvalue weighted by Gasteiger charge is 2.04. The van der Waals surface area contributed by atoms with Crippen molar-refractivity contribution in [1.29, 1.82) is 0 Å². The third-order valence-corrected chi connectivity index (χ3v) is 2.62. The minimum Gasteiger partial charge on any atom is -0.244 e. The maximum absolute atomic E-state index is 11.0. The molecule has 0 aliphatic rings. The van der Waals surface area contributed by atoms with Crippen molar-refractivity contribution >= 4 is 11.6 Å². The van der Waals surface area contributed by atoms with Gasteiger partial charge in [0.05, 0.1) is 5.69 Å². The Morgan fingerprint density at radius 1 is 1.40 bits per heavy atom. The van der Waals surface area contributed by atoms with Crippen molar-refractivity contribution in [3.8, 4) is 5.69 Å². The number of aromatic amines is 1. The summed E-state index contributed by atoms with van der Waals surface area (Å²) in [5.41, 5.74) is 1.45. The van der Waals surface area contributed by atoms with Crippen LogP contribution in [-0.2, 0) is 0 Å². The number of rotatable bonds is 1. The SMILES string of the molecule is Cc1ccc(-n2[nH]c(=O)nc2C)cc1Cl. The average Bonchev–Trinajstić information content (AvgIpc) is 2.50. The van der Waals surface area contributed by atoms with Crippen LogP contribution in [-0.4, -0.2) is 14.8 Å². The van der Waals surface area contributed by atoms with E-state index in [4.69, 9.17) is 11.6 Å². The molecule has 0 radical (unpaired) electrons. The molecule has 1 aromatic heterocycles. The molecule has 0 aliphatic heterocycles. The normalized spacial score (nSPS) is 10.6. The fourth-order valence-electron chi connectivity index (χ4n) is 1.37. The standard InChI is InChI=1S/C10H10ClN3O/c1-6-3-4-8(5-9(6)11)14-7(2)12-10(15)13-14/h3-5H,1-2H3,(H,13,15). The molecular weight excluding hydrogens is 214 g/mol. The van der Waals surface area contributed by atoms with E-state index >= 15 is 0 Å². The quantitative estimate of drug-likeness (QED) is 0.802. The molecule has 5 heteroatoms. The zero-order valence-electron chi connectivity index (χ0n) is 8.41. The van der Waals surface area contributed by atoms with Gasteiger partial charge >= 0.3 is 5.69 Å². The lowest BCUT2D eigenvalue weighted by atomic mass is 10.2. The summed E-state index contributed by atoms with van der Waals surface area (Å²) in [7, 11) is 0. The van der Waals surface area contributed by atoms with Crippen LogP contribution < -0.4 is 5.69 Å². The summed E-state index contributed by atoms with van der Waals surface area (Å²) >= 11 is 6.00. The van der Waals surface area contributed by atoms with E-state index in [1.54, 1.807) is 17.7 Å². The molecular formula is C10H10ClN3O. The summed E-state index contributed by atoms with van der Waals surface area (Å²) < 4.78 is 1.60. The maximum Gasteiger partial charge on any atom is 0.361 e. The lowest BCUT2D eigenvalue weighted by Crippen LogP contribution is -2.05. The Bertz CT molecular complexity index is 556. The van der Waals surface area contributed by atoms with Crippen molar-refractivity contribution < 1.29 is 0 Å². The number of halogens is 1. The summed E-state index contributed by atoms with van der Waals surface area (Å²) in [6, 6.07) is 5.57. The van der Waals surface area contributed by atoms with Crippen LogP contribution in [0.15, 0.2) is 23.0 Å². The van der Waals surface area contributed by atoms with Gasteiger partial charge in [-0.1, -0.05) is 17.7 Å². The number of H-pyrrole nitrogens is 1. The Hall–Kier alpha value is -1.55. The first-order chi connectivity index (χ1) is 7.08. The molecule has 0 spiro atoms. The molecule has 0 aliphatic carbocycles. The number of hydrogen-bond donors (Lipinski definition) is 1. The van der Waals surface area contributed by atoms with Crippen molar-refractivity contribution in [1.82, 2.24) is 14.8 Å². The van der Waals surface area contributed by atoms with E-state index in [1.165, 1.54) is 0 Å². The predicted molar refractivity (Wildman–Crippen MR) is 58.7 cm³/mol. The molecule has 2 aromatic rings. The average molecular weight is 224 g/mol. The molecule has 0 saturated heterocycles. The smallest absolute Gasteiger partial charge is 0.244 e. The Labute approximate surface area is 91.5 Å². The first-order valence-corrected chi connectivity index (χ1v) is 4.88. The lowest BCUT2D eigenvalue weighted by molar-refractivity contribution is 0.831. The molecule has 0 fully saturated rings. The predicted octanol–water partition coefficient (Wildman–Crippen LogP) is 1.83. The van der Waals surface area contributed by atoms with Crippen LogP contribution in [0, 0.1) is 13.8 Å². The van der Waals surface area contributed by atoms with Crippen LogP contribution in [0.4, 0.5) is 0 Å². The maximum atomic E-state index is 11.0. The molecule has 0 atom stereocenters. The molecule has 15 heavy (non-hydrogen) atoms. The summed E-state index contributed by atoms with van der Waals surface area (Å²) in [6.45, 7) is 3.68. The van der Waals surface area contributed by atoms with E-state index in [0.717, 1.165) is 11.3 Å².